The molecule has 3 N–H and O–H groups in total. The molecule has 0 heterocycles. The first kappa shape index (κ1) is 12.4. The Morgan fingerprint density at radius 1 is 1.28 bits per heavy atom. The predicted octanol–water partition coefficient (Wildman–Crippen LogP) is 3.13. The van der Waals surface area contributed by atoms with Crippen molar-refractivity contribution in [2.24, 2.45) is 0 Å². The third-order valence-electron chi connectivity index (χ3n) is 4.40. The summed E-state index contributed by atoms with van der Waals surface area (Å²) in [5, 5.41) is 4.73. The maximum atomic E-state index is 5.85. The molecule has 0 aromatic heterocycles. The average molecular weight is 262 g/mol. The van der Waals surface area contributed by atoms with Crippen molar-refractivity contribution in [3.8, 4) is 0 Å². The fraction of sp³-hybridized carbons (Fsp3) is 0.600. The second-order valence-electron chi connectivity index (χ2n) is 5.58. The van der Waals surface area contributed by atoms with E-state index in [1.807, 2.05) is 17.8 Å². The largest absolute Gasteiger partial charge is 0.399 e. The number of rotatable bonds is 3. The van der Waals surface area contributed by atoms with E-state index in [9.17, 15) is 0 Å². The van der Waals surface area contributed by atoms with E-state index in [4.69, 9.17) is 5.73 Å². The maximum absolute atomic E-state index is 5.85. The van der Waals surface area contributed by atoms with Crippen LogP contribution in [0.25, 0.3) is 0 Å². The van der Waals surface area contributed by atoms with E-state index in [0.29, 0.717) is 6.04 Å². The highest BCUT2D eigenvalue weighted by Crippen LogP contribution is 2.35. The van der Waals surface area contributed by atoms with Crippen molar-refractivity contribution in [3.05, 3.63) is 29.3 Å². The molecule has 0 amide bonds. The normalized spacial score (nSPS) is 30.6. The van der Waals surface area contributed by atoms with Crippen LogP contribution < -0.4 is 11.1 Å². The number of nitrogens with one attached hydrogen (secondary N) is 1. The molecular formula is C15H22N2S. The lowest BCUT2D eigenvalue weighted by Gasteiger charge is -2.20. The Morgan fingerprint density at radius 3 is 2.94 bits per heavy atom. The third-order valence-corrected chi connectivity index (χ3v) is 5.49. The molecule has 3 atom stereocenters. The van der Waals surface area contributed by atoms with Crippen LogP contribution >= 0.6 is 11.8 Å². The van der Waals surface area contributed by atoms with Crippen LogP contribution in [0.5, 0.6) is 0 Å². The van der Waals surface area contributed by atoms with E-state index >= 15 is 0 Å². The Hall–Kier alpha value is -0.670. The molecule has 1 saturated carbocycles. The zero-order chi connectivity index (χ0) is 12.5. The van der Waals surface area contributed by atoms with E-state index in [0.717, 1.165) is 17.0 Å². The SMILES string of the molecule is CSC1CCC(NC2CCc3cc(N)ccc32)C1. The fourth-order valence-electron chi connectivity index (χ4n) is 3.40. The molecule has 0 spiro atoms. The van der Waals surface area contributed by atoms with Crippen molar-refractivity contribution in [2.45, 2.75) is 49.4 Å². The first-order valence-electron chi connectivity index (χ1n) is 6.93. The zero-order valence-corrected chi connectivity index (χ0v) is 11.8. The van der Waals surface area contributed by atoms with Gasteiger partial charge in [-0.25, -0.2) is 0 Å². The van der Waals surface area contributed by atoms with Crippen LogP contribution in [-0.2, 0) is 6.42 Å². The maximum Gasteiger partial charge on any atom is 0.0328 e. The molecule has 2 aliphatic rings. The number of nitrogens with two attached hydrogens (primary N) is 1. The molecule has 3 heteroatoms. The van der Waals surface area contributed by atoms with Gasteiger partial charge in [0.05, 0.1) is 0 Å². The molecule has 3 rings (SSSR count). The molecular weight excluding hydrogens is 240 g/mol. The summed E-state index contributed by atoms with van der Waals surface area (Å²) in [6.07, 6.45) is 8.70. The summed E-state index contributed by atoms with van der Waals surface area (Å²) in [5.41, 5.74) is 9.69. The van der Waals surface area contributed by atoms with E-state index < -0.39 is 0 Å². The van der Waals surface area contributed by atoms with Crippen molar-refractivity contribution in [1.82, 2.24) is 5.32 Å². The molecule has 98 valence electrons. The van der Waals surface area contributed by atoms with Gasteiger partial charge in [0.1, 0.15) is 0 Å². The lowest BCUT2D eigenvalue weighted by Crippen LogP contribution is -2.30. The second-order valence-corrected chi connectivity index (χ2v) is 6.72. The zero-order valence-electron chi connectivity index (χ0n) is 11.0. The Bertz CT molecular complexity index is 433. The van der Waals surface area contributed by atoms with E-state index in [2.05, 4.69) is 23.7 Å². The van der Waals surface area contributed by atoms with Gasteiger partial charge in [-0.05, 0) is 61.6 Å². The molecule has 2 aliphatic carbocycles. The van der Waals surface area contributed by atoms with Gasteiger partial charge in [-0.15, -0.1) is 0 Å². The highest BCUT2D eigenvalue weighted by Gasteiger charge is 2.29. The Labute approximate surface area is 114 Å². The molecule has 2 nitrogen and oxygen atoms in total. The van der Waals surface area contributed by atoms with Gasteiger partial charge in [-0.3, -0.25) is 0 Å². The van der Waals surface area contributed by atoms with Crippen LogP contribution in [0.1, 0.15) is 42.9 Å². The minimum atomic E-state index is 0.561. The monoisotopic (exact) mass is 262 g/mol. The fourth-order valence-corrected chi connectivity index (χ4v) is 4.20. The molecule has 0 aliphatic heterocycles. The molecule has 0 saturated heterocycles. The number of hydrogen-bond acceptors (Lipinski definition) is 3. The number of thioether (sulfide) groups is 1. The van der Waals surface area contributed by atoms with Crippen LogP contribution in [0.15, 0.2) is 18.2 Å². The van der Waals surface area contributed by atoms with Gasteiger partial charge < -0.3 is 11.1 Å². The van der Waals surface area contributed by atoms with E-state index in [-0.39, 0.29) is 0 Å². The van der Waals surface area contributed by atoms with Gasteiger partial charge in [-0.2, -0.15) is 11.8 Å². The Balaban J connectivity index is 1.66. The van der Waals surface area contributed by atoms with Gasteiger partial charge in [0.25, 0.3) is 0 Å². The first-order chi connectivity index (χ1) is 8.76. The van der Waals surface area contributed by atoms with Gasteiger partial charge >= 0.3 is 0 Å². The lowest BCUT2D eigenvalue weighted by molar-refractivity contribution is 0.438. The number of nitrogen functional groups attached to an aromatic ring is 1. The van der Waals surface area contributed by atoms with Crippen LogP contribution in [-0.4, -0.2) is 17.5 Å². The second kappa shape index (κ2) is 5.14. The predicted molar refractivity (Wildman–Crippen MR) is 80.0 cm³/mol. The summed E-state index contributed by atoms with van der Waals surface area (Å²) in [6, 6.07) is 7.69. The summed E-state index contributed by atoms with van der Waals surface area (Å²) < 4.78 is 0. The number of fused-ring (bicyclic) bond motifs is 1. The van der Waals surface area contributed by atoms with Gasteiger partial charge in [0, 0.05) is 23.0 Å². The van der Waals surface area contributed by atoms with Crippen LogP contribution in [0.2, 0.25) is 0 Å². The molecule has 18 heavy (non-hydrogen) atoms. The summed E-state index contributed by atoms with van der Waals surface area (Å²) in [7, 11) is 0. The van der Waals surface area contributed by atoms with Crippen LogP contribution in [0.4, 0.5) is 5.69 Å². The molecule has 0 radical (unpaired) electrons. The molecule has 1 aromatic rings. The van der Waals surface area contributed by atoms with Crippen LogP contribution in [0.3, 0.4) is 0 Å². The van der Waals surface area contributed by atoms with Gasteiger partial charge in [0.15, 0.2) is 0 Å². The van der Waals surface area contributed by atoms with E-state index in [1.54, 1.807) is 0 Å². The number of benzene rings is 1. The van der Waals surface area contributed by atoms with Gasteiger partial charge in [-0.1, -0.05) is 6.07 Å². The molecule has 0 bridgehead atoms. The quantitative estimate of drug-likeness (QED) is 0.822. The lowest BCUT2D eigenvalue weighted by atomic mass is 10.1. The molecule has 1 aromatic carbocycles. The van der Waals surface area contributed by atoms with Crippen LogP contribution in [0, 0.1) is 0 Å². The number of aryl methyl sites for hydroxylation is 1. The minimum Gasteiger partial charge on any atom is -0.399 e. The van der Waals surface area contributed by atoms with Crippen molar-refractivity contribution in [1.29, 1.82) is 0 Å². The molecule has 3 unspecified atom stereocenters. The topological polar surface area (TPSA) is 38.0 Å². The van der Waals surface area contributed by atoms with Crippen molar-refractivity contribution in [2.75, 3.05) is 12.0 Å². The third kappa shape index (κ3) is 2.39. The number of anilines is 1. The summed E-state index contributed by atoms with van der Waals surface area (Å²) in [4.78, 5) is 0. The molecule has 1 fully saturated rings. The average Bonchev–Trinajstić information content (AvgIpc) is 2.97. The van der Waals surface area contributed by atoms with Crippen molar-refractivity contribution in [3.63, 3.8) is 0 Å². The smallest absolute Gasteiger partial charge is 0.0328 e. The van der Waals surface area contributed by atoms with Crippen molar-refractivity contribution < 1.29 is 0 Å². The summed E-state index contributed by atoms with van der Waals surface area (Å²) in [5.74, 6) is 0. The van der Waals surface area contributed by atoms with E-state index in [1.165, 1.54) is 43.2 Å². The first-order valence-corrected chi connectivity index (χ1v) is 8.22. The highest BCUT2D eigenvalue weighted by atomic mass is 32.2. The summed E-state index contributed by atoms with van der Waals surface area (Å²) in [6.45, 7) is 0. The summed E-state index contributed by atoms with van der Waals surface area (Å²) >= 11 is 2.03. The van der Waals surface area contributed by atoms with Gasteiger partial charge in [0.2, 0.25) is 0 Å². The van der Waals surface area contributed by atoms with Crippen molar-refractivity contribution >= 4 is 17.4 Å². The minimum absolute atomic E-state index is 0.561. The number of hydrogen-bond donors (Lipinski definition) is 2. The Kier molecular flexibility index (Phi) is 3.53. The standard InChI is InChI=1S/C15H22N2S/c1-18-13-5-4-12(9-13)17-15-7-2-10-8-11(16)3-6-14(10)15/h3,6,8,12-13,15,17H,2,4-5,7,9,16H2,1H3. The Morgan fingerprint density at radius 2 is 2.17 bits per heavy atom. The highest BCUT2D eigenvalue weighted by molar-refractivity contribution is 7.99.